The van der Waals surface area contributed by atoms with Crippen molar-refractivity contribution in [2.75, 3.05) is 0 Å². The second kappa shape index (κ2) is 7.30. The monoisotopic (exact) mass is 338 g/mol. The molecule has 0 atom stereocenters. The maximum Gasteiger partial charge on any atom is 0.261 e. The molecule has 0 radical (unpaired) electrons. The van der Waals surface area contributed by atoms with Gasteiger partial charge in [0.2, 0.25) is 0 Å². The molecular weight excluding hydrogens is 316 g/mol. The summed E-state index contributed by atoms with van der Waals surface area (Å²) in [4.78, 5) is 0.120. The third kappa shape index (κ3) is 4.85. The van der Waals surface area contributed by atoms with E-state index in [1.807, 2.05) is 26.0 Å². The highest BCUT2D eigenvalue weighted by Crippen LogP contribution is 2.27. The third-order valence-electron chi connectivity index (χ3n) is 3.22. The summed E-state index contributed by atoms with van der Waals surface area (Å²) < 4.78 is 22.4. The van der Waals surface area contributed by atoms with E-state index in [1.54, 1.807) is 12.1 Å². The molecule has 0 aliphatic rings. The molecule has 2 aromatic carbocycles. The van der Waals surface area contributed by atoms with Crippen LogP contribution in [0.15, 0.2) is 53.4 Å². The van der Waals surface area contributed by atoms with E-state index in [9.17, 15) is 8.42 Å². The molecular formula is C18H23ClO2S. The average molecular weight is 339 g/mol. The topological polar surface area (TPSA) is 34.1 Å². The van der Waals surface area contributed by atoms with Crippen LogP contribution in [-0.4, -0.2) is 8.42 Å². The molecule has 0 amide bonds. The van der Waals surface area contributed by atoms with Gasteiger partial charge in [-0.05, 0) is 34.2 Å². The lowest BCUT2D eigenvalue weighted by Crippen LogP contribution is -2.10. The minimum absolute atomic E-state index is 0.120. The summed E-state index contributed by atoms with van der Waals surface area (Å²) in [6, 6.07) is 14.9. The molecule has 0 spiro atoms. The first-order valence-corrected chi connectivity index (χ1v) is 9.64. The number of halogens is 1. The zero-order valence-corrected chi connectivity index (χ0v) is 15.3. The van der Waals surface area contributed by atoms with Crippen molar-refractivity contribution in [2.24, 2.45) is 0 Å². The van der Waals surface area contributed by atoms with Crippen LogP contribution < -0.4 is 0 Å². The first kappa shape index (κ1) is 18.7. The van der Waals surface area contributed by atoms with Crippen LogP contribution in [-0.2, 0) is 14.5 Å². The minimum atomic E-state index is -3.66. The van der Waals surface area contributed by atoms with E-state index in [1.165, 1.54) is 17.7 Å². The smallest absolute Gasteiger partial charge is 0.207 e. The van der Waals surface area contributed by atoms with E-state index >= 15 is 0 Å². The van der Waals surface area contributed by atoms with Crippen LogP contribution in [0.3, 0.4) is 0 Å². The Morgan fingerprint density at radius 3 is 1.45 bits per heavy atom. The Balaban J connectivity index is 0.00000116. The quantitative estimate of drug-likeness (QED) is 0.667. The highest BCUT2D eigenvalue weighted by atomic mass is 35.7. The molecule has 4 heteroatoms. The van der Waals surface area contributed by atoms with Crippen molar-refractivity contribution < 1.29 is 8.42 Å². The highest BCUT2D eigenvalue weighted by Gasteiger charge is 2.13. The fraction of sp³-hybridized carbons (Fsp3) is 0.333. The maximum absolute atomic E-state index is 11.2. The third-order valence-corrected chi connectivity index (χ3v) is 4.59. The molecule has 2 nitrogen and oxygen atoms in total. The summed E-state index contributed by atoms with van der Waals surface area (Å²) in [5.74, 6) is 0. The Labute approximate surface area is 138 Å². The second-order valence-electron chi connectivity index (χ2n) is 5.79. The number of benzene rings is 2. The van der Waals surface area contributed by atoms with Gasteiger partial charge < -0.3 is 0 Å². The van der Waals surface area contributed by atoms with Gasteiger partial charge in [0.1, 0.15) is 0 Å². The van der Waals surface area contributed by atoms with Crippen molar-refractivity contribution in [3.05, 3.63) is 54.1 Å². The van der Waals surface area contributed by atoms with E-state index in [2.05, 4.69) is 32.9 Å². The molecule has 0 saturated heterocycles. The molecule has 0 unspecified atom stereocenters. The Hall–Kier alpha value is -1.32. The van der Waals surface area contributed by atoms with Crippen LogP contribution in [0.1, 0.15) is 40.2 Å². The zero-order valence-electron chi connectivity index (χ0n) is 13.7. The fourth-order valence-corrected chi connectivity index (χ4v) is 2.74. The summed E-state index contributed by atoms with van der Waals surface area (Å²) in [5, 5.41) is 0. The largest absolute Gasteiger partial charge is 0.261 e. The Kier molecular flexibility index (Phi) is 6.21. The molecule has 0 bridgehead atoms. The van der Waals surface area contributed by atoms with Crippen molar-refractivity contribution in [1.29, 1.82) is 0 Å². The van der Waals surface area contributed by atoms with Crippen molar-refractivity contribution >= 4 is 19.7 Å². The fourth-order valence-electron chi connectivity index (χ4n) is 1.97. The van der Waals surface area contributed by atoms with Crippen LogP contribution in [0.4, 0.5) is 0 Å². The van der Waals surface area contributed by atoms with E-state index in [-0.39, 0.29) is 10.3 Å². The molecule has 0 heterocycles. The number of hydrogen-bond acceptors (Lipinski definition) is 2. The standard InChI is InChI=1S/C16H17ClO2S.C2H6/c1-16(2,3)14-8-4-12(5-9-14)13-6-10-15(11-7-13)20(17,18)19;1-2/h4-11H,1-3H3;1-2H3. The summed E-state index contributed by atoms with van der Waals surface area (Å²) in [5.41, 5.74) is 3.40. The molecule has 22 heavy (non-hydrogen) atoms. The lowest BCUT2D eigenvalue weighted by atomic mass is 9.86. The number of rotatable bonds is 2. The Morgan fingerprint density at radius 2 is 1.14 bits per heavy atom. The van der Waals surface area contributed by atoms with Gasteiger partial charge in [-0.3, -0.25) is 0 Å². The lowest BCUT2D eigenvalue weighted by molar-refractivity contribution is 0.590. The van der Waals surface area contributed by atoms with Gasteiger partial charge in [-0.1, -0.05) is 71.0 Å². The van der Waals surface area contributed by atoms with Crippen LogP contribution in [0.5, 0.6) is 0 Å². The van der Waals surface area contributed by atoms with E-state index in [0.717, 1.165) is 11.1 Å². The lowest BCUT2D eigenvalue weighted by Gasteiger charge is -2.19. The van der Waals surface area contributed by atoms with Crippen LogP contribution >= 0.6 is 10.7 Å². The molecule has 0 aliphatic carbocycles. The van der Waals surface area contributed by atoms with Gasteiger partial charge in [-0.15, -0.1) is 0 Å². The summed E-state index contributed by atoms with van der Waals surface area (Å²) in [6.07, 6.45) is 0. The molecule has 0 saturated carbocycles. The van der Waals surface area contributed by atoms with E-state index in [0.29, 0.717) is 0 Å². The van der Waals surface area contributed by atoms with Crippen molar-refractivity contribution in [3.8, 4) is 11.1 Å². The van der Waals surface area contributed by atoms with E-state index in [4.69, 9.17) is 10.7 Å². The van der Waals surface area contributed by atoms with E-state index < -0.39 is 9.05 Å². The van der Waals surface area contributed by atoms with Gasteiger partial charge in [0.15, 0.2) is 0 Å². The van der Waals surface area contributed by atoms with Gasteiger partial charge >= 0.3 is 0 Å². The SMILES string of the molecule is CC.CC(C)(C)c1ccc(-c2ccc(S(=O)(=O)Cl)cc2)cc1. The van der Waals surface area contributed by atoms with Crippen molar-refractivity contribution in [1.82, 2.24) is 0 Å². The maximum atomic E-state index is 11.2. The molecule has 2 rings (SSSR count). The molecule has 120 valence electrons. The summed E-state index contributed by atoms with van der Waals surface area (Å²) in [6.45, 7) is 10.5. The van der Waals surface area contributed by atoms with Crippen molar-refractivity contribution in [3.63, 3.8) is 0 Å². The van der Waals surface area contributed by atoms with Gasteiger partial charge in [-0.2, -0.15) is 0 Å². The predicted octanol–water partition coefficient (Wildman–Crippen LogP) is 5.60. The summed E-state index contributed by atoms with van der Waals surface area (Å²) in [7, 11) is 1.64. The average Bonchev–Trinajstić information content (AvgIpc) is 2.48. The highest BCUT2D eigenvalue weighted by molar-refractivity contribution is 8.13. The Morgan fingerprint density at radius 1 is 0.773 bits per heavy atom. The second-order valence-corrected chi connectivity index (χ2v) is 8.36. The van der Waals surface area contributed by atoms with Gasteiger partial charge in [0.05, 0.1) is 4.90 Å². The van der Waals surface area contributed by atoms with Gasteiger partial charge in [-0.25, -0.2) is 8.42 Å². The molecule has 0 aromatic heterocycles. The van der Waals surface area contributed by atoms with Gasteiger partial charge in [0.25, 0.3) is 9.05 Å². The van der Waals surface area contributed by atoms with Crippen LogP contribution in [0.25, 0.3) is 11.1 Å². The zero-order chi connectivity index (χ0) is 17.0. The summed E-state index contributed by atoms with van der Waals surface area (Å²) >= 11 is 0. The first-order chi connectivity index (χ1) is 10.2. The Bertz CT molecular complexity index is 694. The molecule has 0 fully saturated rings. The first-order valence-electron chi connectivity index (χ1n) is 7.33. The van der Waals surface area contributed by atoms with Crippen LogP contribution in [0.2, 0.25) is 0 Å². The number of hydrogen-bond donors (Lipinski definition) is 0. The van der Waals surface area contributed by atoms with Gasteiger partial charge in [0, 0.05) is 10.7 Å². The predicted molar refractivity (Wildman–Crippen MR) is 95.0 cm³/mol. The normalized spacial score (nSPS) is 11.5. The molecule has 2 aromatic rings. The minimum Gasteiger partial charge on any atom is -0.207 e. The van der Waals surface area contributed by atoms with Crippen molar-refractivity contribution in [2.45, 2.75) is 44.9 Å². The molecule has 0 aliphatic heterocycles. The molecule has 0 N–H and O–H groups in total. The van der Waals surface area contributed by atoms with Crippen LogP contribution in [0, 0.1) is 0 Å².